The summed E-state index contributed by atoms with van der Waals surface area (Å²) in [5.41, 5.74) is 2.59. The highest BCUT2D eigenvalue weighted by Gasteiger charge is 2.14. The van der Waals surface area contributed by atoms with Gasteiger partial charge in [-0.2, -0.15) is 0 Å². The van der Waals surface area contributed by atoms with Crippen LogP contribution in [0.5, 0.6) is 0 Å². The van der Waals surface area contributed by atoms with Gasteiger partial charge in [0.2, 0.25) is 0 Å². The Kier molecular flexibility index (Phi) is 3.47. The maximum absolute atomic E-state index is 11.2. The molecule has 1 aromatic heterocycles. The molecule has 0 bridgehead atoms. The Hall–Kier alpha value is -1.85. The summed E-state index contributed by atoms with van der Waals surface area (Å²) < 4.78 is 2.72. The molecule has 0 aliphatic carbocycles. The van der Waals surface area contributed by atoms with Gasteiger partial charge < -0.3 is 5.11 Å². The third kappa shape index (κ3) is 2.43. The fourth-order valence-electron chi connectivity index (χ4n) is 2.30. The monoisotopic (exact) mass is 364 g/mol. The SMILES string of the molecule is Cc1nc2ccc(C(=O)O)cc2n1-c1ccc(Cl)cc1Br. The fraction of sp³-hybridized carbons (Fsp3) is 0.0667. The summed E-state index contributed by atoms with van der Waals surface area (Å²) in [4.78, 5) is 15.6. The first-order valence-corrected chi connectivity index (χ1v) is 7.32. The van der Waals surface area contributed by atoms with Gasteiger partial charge in [-0.25, -0.2) is 9.78 Å². The number of nitrogens with zero attached hydrogens (tertiary/aromatic N) is 2. The number of halogens is 2. The van der Waals surface area contributed by atoms with Crippen molar-refractivity contribution in [1.82, 2.24) is 9.55 Å². The molecule has 4 nitrogen and oxygen atoms in total. The first-order valence-electron chi connectivity index (χ1n) is 6.15. The van der Waals surface area contributed by atoms with E-state index in [0.29, 0.717) is 5.02 Å². The lowest BCUT2D eigenvalue weighted by molar-refractivity contribution is 0.0697. The highest BCUT2D eigenvalue weighted by molar-refractivity contribution is 9.10. The standard InChI is InChI=1S/C15H10BrClN2O2/c1-8-18-12-4-2-9(15(20)21)6-14(12)19(8)13-5-3-10(17)7-11(13)16/h2-7H,1H3,(H,20,21). The first kappa shape index (κ1) is 14.1. The highest BCUT2D eigenvalue weighted by Crippen LogP contribution is 2.29. The molecule has 0 saturated carbocycles. The summed E-state index contributed by atoms with van der Waals surface area (Å²) >= 11 is 9.46. The highest BCUT2D eigenvalue weighted by atomic mass is 79.9. The van der Waals surface area contributed by atoms with Crippen LogP contribution in [0.1, 0.15) is 16.2 Å². The molecule has 0 atom stereocenters. The molecule has 0 radical (unpaired) electrons. The van der Waals surface area contributed by atoms with E-state index in [-0.39, 0.29) is 5.56 Å². The summed E-state index contributed by atoms with van der Waals surface area (Å²) in [6.07, 6.45) is 0. The fourth-order valence-corrected chi connectivity index (χ4v) is 3.16. The van der Waals surface area contributed by atoms with Crippen LogP contribution in [-0.2, 0) is 0 Å². The Morgan fingerprint density at radius 2 is 2.05 bits per heavy atom. The Bertz CT molecular complexity index is 873. The van der Waals surface area contributed by atoms with E-state index in [1.165, 1.54) is 0 Å². The van der Waals surface area contributed by atoms with Crippen LogP contribution < -0.4 is 0 Å². The molecule has 3 rings (SSSR count). The number of hydrogen-bond acceptors (Lipinski definition) is 2. The Morgan fingerprint density at radius 3 is 2.71 bits per heavy atom. The van der Waals surface area contributed by atoms with Gasteiger partial charge in [-0.05, 0) is 59.3 Å². The smallest absolute Gasteiger partial charge is 0.335 e. The van der Waals surface area contributed by atoms with Gasteiger partial charge in [-0.15, -0.1) is 0 Å². The van der Waals surface area contributed by atoms with Gasteiger partial charge in [-0.3, -0.25) is 4.57 Å². The summed E-state index contributed by atoms with van der Waals surface area (Å²) in [6, 6.07) is 10.3. The molecular formula is C15H10BrClN2O2. The van der Waals surface area contributed by atoms with Crippen LogP contribution in [0.25, 0.3) is 16.7 Å². The Morgan fingerprint density at radius 1 is 1.29 bits per heavy atom. The van der Waals surface area contributed by atoms with Crippen molar-refractivity contribution < 1.29 is 9.90 Å². The topological polar surface area (TPSA) is 55.1 Å². The van der Waals surface area contributed by atoms with Gasteiger partial charge in [0.25, 0.3) is 0 Å². The number of carboxylic acid groups (broad SMARTS) is 1. The molecule has 1 heterocycles. The molecule has 21 heavy (non-hydrogen) atoms. The van der Waals surface area contributed by atoms with E-state index >= 15 is 0 Å². The van der Waals surface area contributed by atoms with E-state index in [0.717, 1.165) is 27.0 Å². The van der Waals surface area contributed by atoms with Gasteiger partial charge in [-0.1, -0.05) is 11.6 Å². The number of aromatic carboxylic acids is 1. The van der Waals surface area contributed by atoms with Crippen LogP contribution in [-0.4, -0.2) is 20.6 Å². The lowest BCUT2D eigenvalue weighted by Gasteiger charge is -2.10. The Labute approximate surface area is 134 Å². The van der Waals surface area contributed by atoms with Gasteiger partial charge in [0, 0.05) is 9.50 Å². The molecule has 6 heteroatoms. The van der Waals surface area contributed by atoms with Crippen molar-refractivity contribution in [1.29, 1.82) is 0 Å². The molecule has 0 unspecified atom stereocenters. The Balaban J connectivity index is 2.32. The molecule has 0 aliphatic heterocycles. The summed E-state index contributed by atoms with van der Waals surface area (Å²) in [6.45, 7) is 1.88. The van der Waals surface area contributed by atoms with Crippen LogP contribution in [0.3, 0.4) is 0 Å². The van der Waals surface area contributed by atoms with Crippen LogP contribution in [0.2, 0.25) is 5.02 Å². The molecule has 0 spiro atoms. The van der Waals surface area contributed by atoms with E-state index < -0.39 is 5.97 Å². The van der Waals surface area contributed by atoms with Gasteiger partial charge in [0.1, 0.15) is 5.82 Å². The number of aromatic nitrogens is 2. The normalized spacial score (nSPS) is 11.0. The number of carbonyl (C=O) groups is 1. The second-order valence-corrected chi connectivity index (χ2v) is 5.89. The average Bonchev–Trinajstić information content (AvgIpc) is 2.74. The summed E-state index contributed by atoms with van der Waals surface area (Å²) in [5, 5.41) is 9.77. The van der Waals surface area contributed by atoms with Gasteiger partial charge in [0.05, 0.1) is 22.3 Å². The maximum atomic E-state index is 11.2. The van der Waals surface area contributed by atoms with Crippen LogP contribution in [0, 0.1) is 6.92 Å². The van der Waals surface area contributed by atoms with Crippen LogP contribution in [0.4, 0.5) is 0 Å². The van der Waals surface area contributed by atoms with Crippen LogP contribution >= 0.6 is 27.5 Å². The molecule has 0 amide bonds. The van der Waals surface area contributed by atoms with Crippen molar-refractivity contribution in [3.05, 3.63) is 57.3 Å². The predicted octanol–water partition coefficient (Wildman–Crippen LogP) is 4.45. The van der Waals surface area contributed by atoms with Gasteiger partial charge in [0.15, 0.2) is 0 Å². The van der Waals surface area contributed by atoms with Crippen molar-refractivity contribution >= 4 is 44.5 Å². The minimum Gasteiger partial charge on any atom is -0.478 e. The van der Waals surface area contributed by atoms with Crippen molar-refractivity contribution in [3.8, 4) is 5.69 Å². The third-order valence-corrected chi connectivity index (χ3v) is 4.09. The van der Waals surface area contributed by atoms with E-state index in [2.05, 4.69) is 20.9 Å². The van der Waals surface area contributed by atoms with Gasteiger partial charge >= 0.3 is 5.97 Å². The average molecular weight is 366 g/mol. The number of hydrogen-bond donors (Lipinski definition) is 1. The summed E-state index contributed by atoms with van der Waals surface area (Å²) in [5.74, 6) is -0.187. The van der Waals surface area contributed by atoms with Crippen molar-refractivity contribution in [2.75, 3.05) is 0 Å². The minimum atomic E-state index is -0.961. The minimum absolute atomic E-state index is 0.230. The molecule has 1 N–H and O–H groups in total. The van der Waals surface area contributed by atoms with E-state index in [4.69, 9.17) is 16.7 Å². The molecule has 0 saturated heterocycles. The van der Waals surface area contributed by atoms with E-state index in [9.17, 15) is 4.79 Å². The van der Waals surface area contributed by atoms with E-state index in [1.807, 2.05) is 17.6 Å². The van der Waals surface area contributed by atoms with E-state index in [1.54, 1.807) is 30.3 Å². The zero-order chi connectivity index (χ0) is 15.1. The number of imidazole rings is 1. The lowest BCUT2D eigenvalue weighted by atomic mass is 10.2. The lowest BCUT2D eigenvalue weighted by Crippen LogP contribution is -2.00. The number of fused-ring (bicyclic) bond motifs is 1. The number of aryl methyl sites for hydroxylation is 1. The molecule has 3 aromatic rings. The molecule has 2 aromatic carbocycles. The van der Waals surface area contributed by atoms with Crippen molar-refractivity contribution in [2.24, 2.45) is 0 Å². The maximum Gasteiger partial charge on any atom is 0.335 e. The van der Waals surface area contributed by atoms with Crippen molar-refractivity contribution in [2.45, 2.75) is 6.92 Å². The third-order valence-electron chi connectivity index (χ3n) is 3.22. The molecule has 0 aliphatic rings. The first-order chi connectivity index (χ1) is 9.97. The molecular weight excluding hydrogens is 356 g/mol. The number of carboxylic acids is 1. The molecule has 106 valence electrons. The number of benzene rings is 2. The largest absolute Gasteiger partial charge is 0.478 e. The zero-order valence-electron chi connectivity index (χ0n) is 11.0. The van der Waals surface area contributed by atoms with Crippen molar-refractivity contribution in [3.63, 3.8) is 0 Å². The van der Waals surface area contributed by atoms with Crippen LogP contribution in [0.15, 0.2) is 40.9 Å². The summed E-state index contributed by atoms with van der Waals surface area (Å²) in [7, 11) is 0. The zero-order valence-corrected chi connectivity index (χ0v) is 13.3. The quantitative estimate of drug-likeness (QED) is 0.730. The predicted molar refractivity (Wildman–Crippen MR) is 85.5 cm³/mol. The second-order valence-electron chi connectivity index (χ2n) is 4.60. The second kappa shape index (κ2) is 5.16. The molecule has 0 fully saturated rings. The number of rotatable bonds is 2.